The van der Waals surface area contributed by atoms with Gasteiger partial charge in [0.25, 0.3) is 0 Å². The molecule has 0 aromatic rings. The highest BCUT2D eigenvalue weighted by molar-refractivity contribution is 4.90. The molecule has 1 fully saturated rings. The summed E-state index contributed by atoms with van der Waals surface area (Å²) in [7, 11) is 4.55. The van der Waals surface area contributed by atoms with Gasteiger partial charge in [-0.15, -0.1) is 0 Å². The smallest absolute Gasteiger partial charge is 0.186 e. The standard InChI is InChI=1S/C12H24O7/c1-15-5-4-6-18-11-8(7-16-2)19-12(17-3)10(14)9(11)13/h8-14H,4-7H2,1-3H3. The van der Waals surface area contributed by atoms with Crippen molar-refractivity contribution in [1.29, 1.82) is 0 Å². The molecule has 0 aromatic heterocycles. The third-order valence-corrected chi connectivity index (χ3v) is 3.01. The third kappa shape index (κ3) is 4.64. The van der Waals surface area contributed by atoms with Crippen molar-refractivity contribution in [2.45, 2.75) is 37.1 Å². The molecule has 0 radical (unpaired) electrons. The predicted octanol–water partition coefficient (Wildman–Crippen LogP) is -0.852. The summed E-state index contributed by atoms with van der Waals surface area (Å²) in [5, 5.41) is 19.9. The second-order valence-electron chi connectivity index (χ2n) is 4.40. The number of methoxy groups -OCH3 is 3. The topological polar surface area (TPSA) is 86.6 Å². The summed E-state index contributed by atoms with van der Waals surface area (Å²) in [5.74, 6) is 0. The van der Waals surface area contributed by atoms with Gasteiger partial charge in [-0.05, 0) is 6.42 Å². The largest absolute Gasteiger partial charge is 0.387 e. The molecule has 5 unspecified atom stereocenters. The van der Waals surface area contributed by atoms with Crippen molar-refractivity contribution in [1.82, 2.24) is 0 Å². The van der Waals surface area contributed by atoms with Gasteiger partial charge < -0.3 is 33.9 Å². The second kappa shape index (κ2) is 8.80. The third-order valence-electron chi connectivity index (χ3n) is 3.01. The Bertz CT molecular complexity index is 238. The molecular formula is C12H24O7. The van der Waals surface area contributed by atoms with Crippen molar-refractivity contribution in [2.75, 3.05) is 41.2 Å². The zero-order valence-electron chi connectivity index (χ0n) is 11.7. The summed E-state index contributed by atoms with van der Waals surface area (Å²) in [5.41, 5.74) is 0. The van der Waals surface area contributed by atoms with E-state index in [1.807, 2.05) is 0 Å². The van der Waals surface area contributed by atoms with Crippen LogP contribution in [0.15, 0.2) is 0 Å². The fourth-order valence-electron chi connectivity index (χ4n) is 2.03. The van der Waals surface area contributed by atoms with Gasteiger partial charge in [0, 0.05) is 34.5 Å². The Hall–Kier alpha value is -0.280. The number of aliphatic hydroxyl groups is 2. The maximum atomic E-state index is 10.1. The van der Waals surface area contributed by atoms with E-state index in [1.165, 1.54) is 14.2 Å². The van der Waals surface area contributed by atoms with Crippen molar-refractivity contribution in [3.05, 3.63) is 0 Å². The van der Waals surface area contributed by atoms with E-state index in [0.29, 0.717) is 19.6 Å². The van der Waals surface area contributed by atoms with E-state index in [-0.39, 0.29) is 6.61 Å². The Morgan fingerprint density at radius 1 is 1.00 bits per heavy atom. The van der Waals surface area contributed by atoms with Crippen LogP contribution in [0.2, 0.25) is 0 Å². The summed E-state index contributed by atoms with van der Waals surface area (Å²) in [6, 6.07) is 0. The van der Waals surface area contributed by atoms with E-state index in [4.69, 9.17) is 23.7 Å². The molecule has 0 bridgehead atoms. The van der Waals surface area contributed by atoms with Gasteiger partial charge in [0.2, 0.25) is 0 Å². The maximum Gasteiger partial charge on any atom is 0.186 e. The van der Waals surface area contributed by atoms with Crippen LogP contribution in [0.5, 0.6) is 0 Å². The van der Waals surface area contributed by atoms with Gasteiger partial charge >= 0.3 is 0 Å². The van der Waals surface area contributed by atoms with Crippen LogP contribution in [-0.4, -0.2) is 82.1 Å². The molecule has 7 nitrogen and oxygen atoms in total. The molecule has 5 atom stereocenters. The summed E-state index contributed by atoms with van der Waals surface area (Å²) in [6.07, 6.45) is -3.56. The zero-order chi connectivity index (χ0) is 14.3. The molecule has 0 spiro atoms. The van der Waals surface area contributed by atoms with Crippen molar-refractivity contribution in [3.8, 4) is 0 Å². The van der Waals surface area contributed by atoms with E-state index in [9.17, 15) is 10.2 Å². The molecule has 1 aliphatic heterocycles. The van der Waals surface area contributed by atoms with Crippen LogP contribution in [0, 0.1) is 0 Å². The van der Waals surface area contributed by atoms with Crippen molar-refractivity contribution in [2.24, 2.45) is 0 Å². The first-order valence-electron chi connectivity index (χ1n) is 6.29. The molecule has 1 aliphatic rings. The number of ether oxygens (including phenoxy) is 5. The Balaban J connectivity index is 2.56. The number of hydrogen-bond donors (Lipinski definition) is 2. The first-order chi connectivity index (χ1) is 9.15. The van der Waals surface area contributed by atoms with Crippen LogP contribution in [0.4, 0.5) is 0 Å². The lowest BCUT2D eigenvalue weighted by Crippen LogP contribution is -2.60. The fraction of sp³-hybridized carbons (Fsp3) is 1.00. The minimum Gasteiger partial charge on any atom is -0.387 e. The van der Waals surface area contributed by atoms with Gasteiger partial charge in [0.05, 0.1) is 6.61 Å². The molecule has 1 rings (SSSR count). The lowest BCUT2D eigenvalue weighted by Gasteiger charge is -2.41. The lowest BCUT2D eigenvalue weighted by atomic mass is 9.99. The average Bonchev–Trinajstić information content (AvgIpc) is 2.41. The van der Waals surface area contributed by atoms with E-state index in [0.717, 1.165) is 0 Å². The first kappa shape index (κ1) is 16.8. The highest BCUT2D eigenvalue weighted by Crippen LogP contribution is 2.24. The minimum atomic E-state index is -1.15. The molecule has 0 aliphatic carbocycles. The molecular weight excluding hydrogens is 256 g/mol. The van der Waals surface area contributed by atoms with Gasteiger partial charge in [-0.2, -0.15) is 0 Å². The molecule has 0 saturated carbocycles. The van der Waals surface area contributed by atoms with Crippen LogP contribution in [0.1, 0.15) is 6.42 Å². The molecule has 2 N–H and O–H groups in total. The monoisotopic (exact) mass is 280 g/mol. The van der Waals surface area contributed by atoms with Crippen LogP contribution in [0.3, 0.4) is 0 Å². The number of rotatable bonds is 8. The Morgan fingerprint density at radius 3 is 2.32 bits per heavy atom. The molecule has 7 heteroatoms. The van der Waals surface area contributed by atoms with Crippen molar-refractivity contribution < 1.29 is 33.9 Å². The van der Waals surface area contributed by atoms with Crippen LogP contribution >= 0.6 is 0 Å². The lowest BCUT2D eigenvalue weighted by molar-refractivity contribution is -0.302. The minimum absolute atomic E-state index is 0.249. The first-order valence-corrected chi connectivity index (χ1v) is 6.29. The number of hydrogen-bond acceptors (Lipinski definition) is 7. The average molecular weight is 280 g/mol. The van der Waals surface area contributed by atoms with E-state index < -0.39 is 30.7 Å². The zero-order valence-corrected chi connectivity index (χ0v) is 11.7. The van der Waals surface area contributed by atoms with E-state index in [2.05, 4.69) is 0 Å². The predicted molar refractivity (Wildman–Crippen MR) is 65.8 cm³/mol. The fourth-order valence-corrected chi connectivity index (χ4v) is 2.03. The van der Waals surface area contributed by atoms with E-state index >= 15 is 0 Å². The summed E-state index contributed by atoms with van der Waals surface area (Å²) < 4.78 is 26.0. The van der Waals surface area contributed by atoms with Crippen LogP contribution in [0.25, 0.3) is 0 Å². The summed E-state index contributed by atoms with van der Waals surface area (Å²) in [6.45, 7) is 1.23. The maximum absolute atomic E-state index is 10.1. The van der Waals surface area contributed by atoms with Gasteiger partial charge in [0.1, 0.15) is 24.4 Å². The van der Waals surface area contributed by atoms with Crippen molar-refractivity contribution >= 4 is 0 Å². The van der Waals surface area contributed by atoms with Gasteiger partial charge in [-0.3, -0.25) is 0 Å². The van der Waals surface area contributed by atoms with Gasteiger partial charge in [-0.1, -0.05) is 0 Å². The molecule has 0 amide bonds. The highest BCUT2D eigenvalue weighted by Gasteiger charge is 2.45. The Morgan fingerprint density at radius 2 is 1.74 bits per heavy atom. The molecule has 1 heterocycles. The Labute approximate surface area is 113 Å². The molecule has 1 saturated heterocycles. The van der Waals surface area contributed by atoms with Crippen molar-refractivity contribution in [3.63, 3.8) is 0 Å². The Kier molecular flexibility index (Phi) is 7.77. The molecule has 0 aromatic carbocycles. The van der Waals surface area contributed by atoms with Crippen LogP contribution in [-0.2, 0) is 23.7 Å². The molecule has 19 heavy (non-hydrogen) atoms. The molecule has 114 valence electrons. The van der Waals surface area contributed by atoms with E-state index in [1.54, 1.807) is 7.11 Å². The summed E-state index contributed by atoms with van der Waals surface area (Å²) in [4.78, 5) is 0. The normalized spacial score (nSPS) is 35.5. The van der Waals surface area contributed by atoms with Gasteiger partial charge in [-0.25, -0.2) is 0 Å². The SMILES string of the molecule is COCCCOC1C(COC)OC(OC)C(O)C1O. The number of aliphatic hydroxyl groups excluding tert-OH is 2. The summed E-state index contributed by atoms with van der Waals surface area (Å²) >= 11 is 0. The van der Waals surface area contributed by atoms with Crippen LogP contribution < -0.4 is 0 Å². The second-order valence-corrected chi connectivity index (χ2v) is 4.40. The quantitative estimate of drug-likeness (QED) is 0.560. The highest BCUT2D eigenvalue weighted by atomic mass is 16.7. The van der Waals surface area contributed by atoms with Gasteiger partial charge in [0.15, 0.2) is 6.29 Å².